The molecule has 1 aliphatic rings. The summed E-state index contributed by atoms with van der Waals surface area (Å²) in [4.78, 5) is 13.9. The summed E-state index contributed by atoms with van der Waals surface area (Å²) in [7, 11) is 0. The van der Waals surface area contributed by atoms with Crippen molar-refractivity contribution in [2.24, 2.45) is 0 Å². The molecule has 7 aromatic rings. The first kappa shape index (κ1) is 50.1. The van der Waals surface area contributed by atoms with Gasteiger partial charge >= 0.3 is 5.63 Å². The zero-order valence-corrected chi connectivity index (χ0v) is 40.2. The van der Waals surface area contributed by atoms with Gasteiger partial charge < -0.3 is 42.3 Å². The van der Waals surface area contributed by atoms with Crippen LogP contribution in [-0.4, -0.2) is 43.9 Å². The van der Waals surface area contributed by atoms with Gasteiger partial charge in [0.1, 0.15) is 42.4 Å². The molecule has 0 unspecified atom stereocenters. The van der Waals surface area contributed by atoms with Crippen molar-refractivity contribution < 1.29 is 42.3 Å². The van der Waals surface area contributed by atoms with Crippen LogP contribution in [0, 0.1) is 0 Å². The highest BCUT2D eigenvalue weighted by Crippen LogP contribution is 2.38. The fourth-order valence-electron chi connectivity index (χ4n) is 8.59. The Morgan fingerprint density at radius 1 is 0.471 bits per heavy atom. The molecule has 70 heavy (non-hydrogen) atoms. The molecule has 1 aliphatic heterocycles. The quantitative estimate of drug-likeness (QED) is 0.0348. The van der Waals surface area contributed by atoms with E-state index in [-0.39, 0.29) is 37.8 Å². The fourth-order valence-corrected chi connectivity index (χ4v) is 8.59. The van der Waals surface area contributed by atoms with Crippen molar-refractivity contribution in [1.29, 1.82) is 0 Å². The molecular formula is C60H66O10. The van der Waals surface area contributed by atoms with Crippen molar-refractivity contribution in [1.82, 2.24) is 0 Å². The van der Waals surface area contributed by atoms with E-state index >= 15 is 0 Å². The third-order valence-electron chi connectivity index (χ3n) is 12.4. The zero-order valence-electron chi connectivity index (χ0n) is 40.2. The van der Waals surface area contributed by atoms with Gasteiger partial charge in [-0.05, 0) is 46.4 Å². The second-order valence-corrected chi connectivity index (χ2v) is 17.7. The van der Waals surface area contributed by atoms with Crippen molar-refractivity contribution in [2.75, 3.05) is 13.2 Å². The maximum atomic E-state index is 13.9. The Balaban J connectivity index is 1.10. The number of rotatable bonds is 28. The maximum Gasteiger partial charge on any atom is 0.383 e. The molecule has 0 N–H and O–H groups in total. The summed E-state index contributed by atoms with van der Waals surface area (Å²) in [5.41, 5.74) is 4.57. The van der Waals surface area contributed by atoms with Crippen LogP contribution in [0.2, 0.25) is 0 Å². The summed E-state index contributed by atoms with van der Waals surface area (Å²) in [5, 5.41) is 0.570. The molecule has 6 aromatic carbocycles. The highest BCUT2D eigenvalue weighted by Gasteiger charge is 2.50. The molecule has 0 bridgehead atoms. The first-order valence-corrected chi connectivity index (χ1v) is 24.9. The van der Waals surface area contributed by atoms with Gasteiger partial charge in [0, 0.05) is 6.07 Å². The van der Waals surface area contributed by atoms with Crippen molar-refractivity contribution in [3.63, 3.8) is 0 Å². The predicted molar refractivity (Wildman–Crippen MR) is 272 cm³/mol. The zero-order chi connectivity index (χ0) is 48.0. The van der Waals surface area contributed by atoms with Gasteiger partial charge in [0.25, 0.3) is 0 Å². The molecule has 0 amide bonds. The lowest BCUT2D eigenvalue weighted by Crippen LogP contribution is -2.62. The van der Waals surface area contributed by atoms with Crippen molar-refractivity contribution in [2.45, 2.75) is 122 Å². The highest BCUT2D eigenvalue weighted by molar-refractivity contribution is 5.86. The Morgan fingerprint density at radius 3 is 1.51 bits per heavy atom. The minimum atomic E-state index is -1.03. The largest absolute Gasteiger partial charge is 0.484 e. The number of ether oxygens (including phenoxy) is 8. The standard InChI is InChI=1S/C60H66O10/c1-2-3-4-5-6-7-8-24-37-63-57-54(64-40-46-27-16-10-17-28-46)51-36-35-50(38-52(51)69-59(57)61)68-60-58(67-43-49-33-22-13-23-34-49)56(66-42-48-31-20-12-21-32-48)55(65-41-47-29-18-11-19-30-47)53(70-60)44-62-39-45-25-14-9-15-26-45/h9-23,25-36,38,53,55-56,58,60H,2-8,24,37,39-44H2,1H3/t53-,55+,56+,58-,60-/m1/s1. The molecule has 0 radical (unpaired) electrons. The number of hydrogen-bond donors (Lipinski definition) is 0. The molecule has 10 nitrogen and oxygen atoms in total. The lowest BCUT2D eigenvalue weighted by atomic mass is 9.97. The SMILES string of the molecule is CCCCCCCCCCOc1c(OCc2ccccc2)c2ccc(O[C@@H]3O[C@H](COCc4ccccc4)[C@H](OCc4ccccc4)[C@H](OCc4ccccc4)[C@H]3OCc3ccccc3)cc2oc1=O. The van der Waals surface area contributed by atoms with E-state index < -0.39 is 36.3 Å². The molecule has 1 fully saturated rings. The Labute approximate surface area is 412 Å². The van der Waals surface area contributed by atoms with Crippen LogP contribution in [0.1, 0.15) is 86.1 Å². The number of unbranched alkanes of at least 4 members (excludes halogenated alkanes) is 7. The lowest BCUT2D eigenvalue weighted by Gasteiger charge is -2.45. The molecule has 0 spiro atoms. The Kier molecular flexibility index (Phi) is 19.5. The lowest BCUT2D eigenvalue weighted by molar-refractivity contribution is -0.310. The Morgan fingerprint density at radius 2 is 0.957 bits per heavy atom. The topological polar surface area (TPSA) is 104 Å². The van der Waals surface area contributed by atoms with Crippen molar-refractivity contribution >= 4 is 11.0 Å². The number of fused-ring (bicyclic) bond motifs is 1. The summed E-state index contributed by atoms with van der Waals surface area (Å²) in [5.74, 6) is 0.760. The summed E-state index contributed by atoms with van der Waals surface area (Å²) in [6, 6.07) is 55.2. The smallest absolute Gasteiger partial charge is 0.383 e. The predicted octanol–water partition coefficient (Wildman–Crippen LogP) is 13.0. The normalized spacial score (nSPS) is 17.9. The van der Waals surface area contributed by atoms with Gasteiger partial charge in [0.2, 0.25) is 12.0 Å². The van der Waals surface area contributed by atoms with E-state index in [1.807, 2.05) is 164 Å². The average molecular weight is 947 g/mol. The van der Waals surface area contributed by atoms with Crippen LogP contribution >= 0.6 is 0 Å². The summed E-state index contributed by atoms with van der Waals surface area (Å²) in [6.45, 7) is 4.19. The van der Waals surface area contributed by atoms with Gasteiger partial charge in [0.05, 0.1) is 45.0 Å². The van der Waals surface area contributed by atoms with Crippen LogP contribution in [0.3, 0.4) is 0 Å². The molecule has 1 saturated heterocycles. The monoisotopic (exact) mass is 946 g/mol. The van der Waals surface area contributed by atoms with Crippen molar-refractivity contribution in [3.8, 4) is 17.2 Å². The molecule has 2 heterocycles. The van der Waals surface area contributed by atoms with E-state index in [1.54, 1.807) is 6.07 Å². The maximum absolute atomic E-state index is 13.9. The third kappa shape index (κ3) is 14.9. The number of benzene rings is 6. The second-order valence-electron chi connectivity index (χ2n) is 17.7. The van der Waals surface area contributed by atoms with Crippen molar-refractivity contribution in [3.05, 3.63) is 208 Å². The minimum Gasteiger partial charge on any atom is -0.484 e. The van der Waals surface area contributed by atoms with E-state index in [0.717, 1.165) is 47.1 Å². The Bertz CT molecular complexity index is 2610. The first-order chi connectivity index (χ1) is 34.6. The summed E-state index contributed by atoms with van der Waals surface area (Å²) < 4.78 is 59.5. The summed E-state index contributed by atoms with van der Waals surface area (Å²) in [6.07, 6.45) is 5.34. The highest BCUT2D eigenvalue weighted by atomic mass is 16.7. The first-order valence-electron chi connectivity index (χ1n) is 24.9. The minimum absolute atomic E-state index is 0.0586. The molecule has 10 heteroatoms. The fraction of sp³-hybridized carbons (Fsp3) is 0.350. The van der Waals surface area contributed by atoms with Crippen LogP contribution in [0.5, 0.6) is 17.2 Å². The molecule has 366 valence electrons. The molecule has 8 rings (SSSR count). The third-order valence-corrected chi connectivity index (χ3v) is 12.4. The van der Waals surface area contributed by atoms with E-state index in [9.17, 15) is 4.79 Å². The van der Waals surface area contributed by atoms with Crippen LogP contribution in [0.25, 0.3) is 11.0 Å². The molecule has 5 atom stereocenters. The Hall–Kier alpha value is -6.27. The van der Waals surface area contributed by atoms with Crippen LogP contribution in [-0.2, 0) is 56.7 Å². The van der Waals surface area contributed by atoms with Gasteiger partial charge in [-0.3, -0.25) is 0 Å². The molecule has 0 aliphatic carbocycles. The molecule has 0 saturated carbocycles. The van der Waals surface area contributed by atoms with Gasteiger partial charge in [-0.1, -0.05) is 204 Å². The average Bonchev–Trinajstić information content (AvgIpc) is 3.40. The molecule has 1 aromatic heterocycles. The van der Waals surface area contributed by atoms with Gasteiger partial charge in [-0.25, -0.2) is 4.79 Å². The second kappa shape index (κ2) is 27.2. The van der Waals surface area contributed by atoms with Gasteiger partial charge in [-0.15, -0.1) is 0 Å². The van der Waals surface area contributed by atoms with Crippen LogP contribution in [0.4, 0.5) is 0 Å². The van der Waals surface area contributed by atoms with E-state index in [2.05, 4.69) is 6.92 Å². The summed E-state index contributed by atoms with van der Waals surface area (Å²) >= 11 is 0. The van der Waals surface area contributed by atoms with Gasteiger partial charge in [0.15, 0.2) is 5.75 Å². The van der Waals surface area contributed by atoms with E-state index in [0.29, 0.717) is 36.7 Å². The van der Waals surface area contributed by atoms with E-state index in [1.165, 1.54) is 32.1 Å². The van der Waals surface area contributed by atoms with Crippen LogP contribution < -0.4 is 19.8 Å². The van der Waals surface area contributed by atoms with E-state index in [4.69, 9.17) is 42.3 Å². The number of hydrogen-bond acceptors (Lipinski definition) is 10. The van der Waals surface area contributed by atoms with Gasteiger partial charge in [-0.2, -0.15) is 0 Å². The van der Waals surface area contributed by atoms with Crippen LogP contribution in [0.15, 0.2) is 179 Å². The molecular weight excluding hydrogens is 881 g/mol.